The Morgan fingerprint density at radius 3 is 2.40 bits per heavy atom. The lowest BCUT2D eigenvalue weighted by Gasteiger charge is -2.38. The number of rotatable bonds is 9. The van der Waals surface area contributed by atoms with Crippen LogP contribution < -0.4 is 10.6 Å². The Hall–Kier alpha value is -4.98. The zero-order chi connectivity index (χ0) is 33.5. The molecule has 0 saturated carbocycles. The van der Waals surface area contributed by atoms with Crippen molar-refractivity contribution >= 4 is 24.1 Å². The van der Waals surface area contributed by atoms with E-state index in [0.717, 1.165) is 23.8 Å². The van der Waals surface area contributed by atoms with Crippen LogP contribution in [0.1, 0.15) is 35.2 Å². The standard InChI is InChI=1S/C28H29F3N6O5.CH2O2/c1-17-23(25(40)42-3)24(22-8-7-18(15-32)13-19(22)16-37(2,9-11-38)10-12-39)36-26(33-34-27(36)41)35(17)21-6-4-5-20(14-21)28(29,30)31;2-1-3/h4-8,13-14,24,38-39H,9-12,16H2,1-3H3;1H,(H,2,3)/p+1/t24-;/m1./s1. The summed E-state index contributed by atoms with van der Waals surface area (Å²) in [6.07, 6.45) is -4.65. The summed E-state index contributed by atoms with van der Waals surface area (Å²) in [7, 11) is 2.96. The third-order valence-electron chi connectivity index (χ3n) is 7.38. The molecule has 1 atom stereocenters. The molecule has 3 aromatic rings. The number of fused-ring (bicyclic) bond motifs is 1. The van der Waals surface area contributed by atoms with Crippen molar-refractivity contribution < 1.29 is 47.3 Å². The molecule has 2 aromatic carbocycles. The van der Waals surface area contributed by atoms with Crippen molar-refractivity contribution in [3.63, 3.8) is 0 Å². The summed E-state index contributed by atoms with van der Waals surface area (Å²) < 4.78 is 47.2. The second kappa shape index (κ2) is 14.2. The average Bonchev–Trinajstić information content (AvgIpc) is 3.37. The van der Waals surface area contributed by atoms with E-state index in [0.29, 0.717) is 16.7 Å². The Labute approximate surface area is 255 Å². The van der Waals surface area contributed by atoms with E-state index in [4.69, 9.17) is 14.6 Å². The fourth-order valence-corrected chi connectivity index (χ4v) is 5.32. The van der Waals surface area contributed by atoms with E-state index in [1.807, 2.05) is 7.05 Å². The summed E-state index contributed by atoms with van der Waals surface area (Å²) >= 11 is 0. The monoisotopic (exact) mass is 633 g/mol. The molecule has 0 fully saturated rings. The normalized spacial score (nSPS) is 14.6. The van der Waals surface area contributed by atoms with Crippen LogP contribution in [-0.2, 0) is 27.0 Å². The van der Waals surface area contributed by atoms with Gasteiger partial charge >= 0.3 is 17.8 Å². The number of aromatic amines is 1. The quantitative estimate of drug-likeness (QED) is 0.155. The molecule has 2 heterocycles. The largest absolute Gasteiger partial charge is 0.483 e. The van der Waals surface area contributed by atoms with Crippen LogP contribution in [0.3, 0.4) is 0 Å². The number of esters is 1. The Kier molecular flexibility index (Phi) is 10.9. The van der Waals surface area contributed by atoms with Gasteiger partial charge in [-0.2, -0.15) is 18.4 Å². The number of halogens is 3. The van der Waals surface area contributed by atoms with Gasteiger partial charge in [0, 0.05) is 16.9 Å². The molecule has 13 nitrogen and oxygen atoms in total. The molecule has 1 aliphatic heterocycles. The van der Waals surface area contributed by atoms with Gasteiger partial charge < -0.3 is 24.5 Å². The van der Waals surface area contributed by atoms with Crippen molar-refractivity contribution in [2.24, 2.45) is 0 Å². The van der Waals surface area contributed by atoms with Gasteiger partial charge in [-0.3, -0.25) is 9.69 Å². The zero-order valence-corrected chi connectivity index (χ0v) is 24.6. The number of H-pyrrole nitrogens is 1. The molecule has 0 spiro atoms. The summed E-state index contributed by atoms with van der Waals surface area (Å²) in [4.78, 5) is 36.3. The molecule has 16 heteroatoms. The molecular formula is C29H32F3N6O7+. The van der Waals surface area contributed by atoms with E-state index in [9.17, 15) is 38.2 Å². The fourth-order valence-electron chi connectivity index (χ4n) is 5.32. The number of aliphatic hydroxyl groups is 2. The molecular weight excluding hydrogens is 601 g/mol. The van der Waals surface area contributed by atoms with Crippen molar-refractivity contribution in [3.05, 3.63) is 86.5 Å². The van der Waals surface area contributed by atoms with Gasteiger partial charge in [-0.15, -0.1) is 5.10 Å². The lowest BCUT2D eigenvalue weighted by molar-refractivity contribution is -0.923. The molecule has 1 aromatic heterocycles. The maximum absolute atomic E-state index is 13.6. The molecule has 0 bridgehead atoms. The summed E-state index contributed by atoms with van der Waals surface area (Å²) in [5, 5.41) is 42.4. The van der Waals surface area contributed by atoms with Gasteiger partial charge in [-0.05, 0) is 42.8 Å². The fraction of sp³-hybridized carbons (Fsp3) is 0.345. The SMILES string of the molecule is COC(=O)C1=C(C)N(c2cccc(C(F)(F)F)c2)c2n[nH]c(=O)n2[C@@H]1c1ccc(C#N)cc1C[N+](C)(CCO)CCO.O=CO. The van der Waals surface area contributed by atoms with Gasteiger partial charge in [-0.1, -0.05) is 12.1 Å². The number of methoxy groups -OCH3 is 1. The highest BCUT2D eigenvalue weighted by Crippen LogP contribution is 2.43. The van der Waals surface area contributed by atoms with Crippen LogP contribution in [0.2, 0.25) is 0 Å². The van der Waals surface area contributed by atoms with E-state index < -0.39 is 29.4 Å². The maximum Gasteiger partial charge on any atom is 0.416 e. The van der Waals surface area contributed by atoms with Crippen molar-refractivity contribution in [2.45, 2.75) is 25.7 Å². The van der Waals surface area contributed by atoms with Gasteiger partial charge in [0.25, 0.3) is 6.47 Å². The Balaban J connectivity index is 0.00000177. The highest BCUT2D eigenvalue weighted by Gasteiger charge is 2.41. The number of ether oxygens (including phenoxy) is 1. The molecule has 45 heavy (non-hydrogen) atoms. The number of alkyl halides is 3. The van der Waals surface area contributed by atoms with E-state index >= 15 is 0 Å². The molecule has 1 aliphatic rings. The van der Waals surface area contributed by atoms with E-state index in [2.05, 4.69) is 16.3 Å². The number of anilines is 2. The van der Waals surface area contributed by atoms with Crippen LogP contribution in [0.4, 0.5) is 24.8 Å². The zero-order valence-electron chi connectivity index (χ0n) is 24.6. The predicted molar refractivity (Wildman–Crippen MR) is 153 cm³/mol. The number of carbonyl (C=O) groups is 2. The van der Waals surface area contributed by atoms with Gasteiger partial charge in [0.2, 0.25) is 5.95 Å². The Morgan fingerprint density at radius 2 is 1.84 bits per heavy atom. The maximum atomic E-state index is 13.6. The minimum atomic E-state index is -4.65. The van der Waals surface area contributed by atoms with Gasteiger partial charge in [0.1, 0.15) is 25.7 Å². The van der Waals surface area contributed by atoms with Crippen LogP contribution in [-0.4, -0.2) is 87.5 Å². The molecule has 0 saturated heterocycles. The van der Waals surface area contributed by atoms with Crippen LogP contribution in [0.25, 0.3) is 0 Å². The summed E-state index contributed by atoms with van der Waals surface area (Å²) in [5.74, 6) is -0.890. The molecule has 0 unspecified atom stereocenters. The van der Waals surface area contributed by atoms with Crippen LogP contribution >= 0.6 is 0 Å². The first kappa shape index (κ1) is 34.5. The third kappa shape index (κ3) is 7.23. The van der Waals surface area contributed by atoms with Crippen molar-refractivity contribution in [3.8, 4) is 6.07 Å². The van der Waals surface area contributed by atoms with Crippen molar-refractivity contribution in [1.82, 2.24) is 14.8 Å². The number of carboxylic acid groups (broad SMARTS) is 1. The second-order valence-corrected chi connectivity index (χ2v) is 10.3. The number of carbonyl (C=O) groups excluding carboxylic acids is 1. The summed E-state index contributed by atoms with van der Waals surface area (Å²) in [6.45, 7) is 1.63. The predicted octanol–water partition coefficient (Wildman–Crippen LogP) is 2.28. The van der Waals surface area contributed by atoms with Gasteiger partial charge in [0.15, 0.2) is 0 Å². The minimum absolute atomic E-state index is 0.0117. The van der Waals surface area contributed by atoms with Crippen LogP contribution in [0.15, 0.2) is 58.5 Å². The number of hydrogen-bond acceptors (Lipinski definition) is 9. The average molecular weight is 634 g/mol. The van der Waals surface area contributed by atoms with Crippen molar-refractivity contribution in [2.75, 3.05) is 45.4 Å². The van der Waals surface area contributed by atoms with E-state index in [1.165, 1.54) is 30.0 Å². The number of likely N-dealkylation sites (N-methyl/N-ethyl adjacent to an activating group) is 1. The Morgan fingerprint density at radius 1 is 1.20 bits per heavy atom. The lowest BCUT2D eigenvalue weighted by Crippen LogP contribution is -2.47. The van der Waals surface area contributed by atoms with E-state index in [-0.39, 0.29) is 66.7 Å². The number of benzene rings is 2. The topological polar surface area (TPSA) is 182 Å². The first-order valence-electron chi connectivity index (χ1n) is 13.4. The molecule has 4 N–H and O–H groups in total. The van der Waals surface area contributed by atoms with Crippen LogP contribution in [0, 0.1) is 11.3 Å². The number of nitrogens with one attached hydrogen (secondary N) is 1. The highest BCUT2D eigenvalue weighted by molar-refractivity contribution is 5.93. The molecule has 4 rings (SSSR count). The second-order valence-electron chi connectivity index (χ2n) is 10.3. The lowest BCUT2D eigenvalue weighted by atomic mass is 9.89. The number of aliphatic hydroxyl groups excluding tert-OH is 2. The van der Waals surface area contributed by atoms with Gasteiger partial charge in [0.05, 0.1) is 50.1 Å². The number of nitriles is 1. The first-order valence-corrected chi connectivity index (χ1v) is 13.4. The summed E-state index contributed by atoms with van der Waals surface area (Å²) in [6, 6.07) is 10.1. The molecule has 240 valence electrons. The van der Waals surface area contributed by atoms with E-state index in [1.54, 1.807) is 12.1 Å². The number of hydrogen-bond donors (Lipinski definition) is 4. The molecule has 0 aliphatic carbocycles. The van der Waals surface area contributed by atoms with Crippen LogP contribution in [0.5, 0.6) is 0 Å². The minimum Gasteiger partial charge on any atom is -0.483 e. The number of nitrogens with zero attached hydrogens (tertiary/aromatic N) is 5. The summed E-state index contributed by atoms with van der Waals surface area (Å²) in [5.41, 5.74) is -0.234. The smallest absolute Gasteiger partial charge is 0.416 e. The third-order valence-corrected chi connectivity index (χ3v) is 7.38. The Bertz CT molecular complexity index is 1670. The first-order chi connectivity index (χ1) is 21.3. The number of aromatic nitrogens is 3. The number of allylic oxidation sites excluding steroid dienone is 1. The molecule has 0 radical (unpaired) electrons. The molecule has 0 amide bonds. The van der Waals surface area contributed by atoms with Gasteiger partial charge in [-0.25, -0.2) is 19.3 Å². The highest BCUT2D eigenvalue weighted by atomic mass is 19.4. The van der Waals surface area contributed by atoms with Crippen molar-refractivity contribution in [1.29, 1.82) is 5.26 Å². The number of quaternary nitrogens is 1.